The molecule has 1 heterocycles. The molecule has 3 rings (SSSR count). The third-order valence-corrected chi connectivity index (χ3v) is 2.84. The third-order valence-electron chi connectivity index (χ3n) is 2.84. The van der Waals surface area contributed by atoms with Gasteiger partial charge in [-0.15, -0.1) is 0 Å². The molecule has 2 N–H and O–H groups in total. The van der Waals surface area contributed by atoms with Crippen molar-refractivity contribution in [2.24, 2.45) is 0 Å². The van der Waals surface area contributed by atoms with Gasteiger partial charge in [0, 0.05) is 23.6 Å². The summed E-state index contributed by atoms with van der Waals surface area (Å²) in [6, 6.07) is 19.8. The molecule has 0 unspecified atom stereocenters. The Balaban J connectivity index is 0.000000205. The standard InChI is InChI=1S/C11H12N2O.C6H6/c1-2-12-11(14)9-7-13-10-6-4-3-5-8(9)10;1-2-4-6-5-3-1/h3-7,13H,2H2,1H3,(H,12,14);1-6H. The number of amides is 1. The van der Waals surface area contributed by atoms with E-state index in [0.717, 1.165) is 10.9 Å². The lowest BCUT2D eigenvalue weighted by molar-refractivity contribution is 0.0957. The molecule has 0 aliphatic rings. The van der Waals surface area contributed by atoms with Crippen LogP contribution >= 0.6 is 0 Å². The maximum atomic E-state index is 11.6. The molecule has 3 nitrogen and oxygen atoms in total. The van der Waals surface area contributed by atoms with Gasteiger partial charge in [0.25, 0.3) is 5.91 Å². The third kappa shape index (κ3) is 3.48. The van der Waals surface area contributed by atoms with E-state index in [2.05, 4.69) is 10.3 Å². The molecule has 0 saturated heterocycles. The van der Waals surface area contributed by atoms with E-state index < -0.39 is 0 Å². The quantitative estimate of drug-likeness (QED) is 0.731. The molecule has 0 atom stereocenters. The SMILES string of the molecule is CCNC(=O)c1c[nH]c2ccccc12.c1ccccc1. The van der Waals surface area contributed by atoms with Crippen LogP contribution in [0.3, 0.4) is 0 Å². The maximum Gasteiger partial charge on any atom is 0.253 e. The van der Waals surface area contributed by atoms with Crippen molar-refractivity contribution in [3.05, 3.63) is 72.4 Å². The van der Waals surface area contributed by atoms with Crippen molar-refractivity contribution in [2.75, 3.05) is 6.54 Å². The van der Waals surface area contributed by atoms with Gasteiger partial charge in [-0.1, -0.05) is 54.6 Å². The number of aromatic nitrogens is 1. The number of H-pyrrole nitrogens is 1. The Kier molecular flexibility index (Phi) is 4.95. The zero-order valence-corrected chi connectivity index (χ0v) is 11.5. The van der Waals surface area contributed by atoms with Gasteiger partial charge in [-0.25, -0.2) is 0 Å². The topological polar surface area (TPSA) is 44.9 Å². The van der Waals surface area contributed by atoms with Gasteiger partial charge in [0.1, 0.15) is 0 Å². The minimum Gasteiger partial charge on any atom is -0.360 e. The Labute approximate surface area is 118 Å². The highest BCUT2D eigenvalue weighted by Gasteiger charge is 2.09. The van der Waals surface area contributed by atoms with Crippen LogP contribution in [0.2, 0.25) is 0 Å². The van der Waals surface area contributed by atoms with Crippen LogP contribution in [-0.4, -0.2) is 17.4 Å². The van der Waals surface area contributed by atoms with Gasteiger partial charge in [0.2, 0.25) is 0 Å². The first-order valence-corrected chi connectivity index (χ1v) is 6.67. The number of benzene rings is 2. The second-order valence-electron chi connectivity index (χ2n) is 4.26. The zero-order valence-electron chi connectivity index (χ0n) is 11.5. The average molecular weight is 266 g/mol. The first-order chi connectivity index (χ1) is 9.83. The number of fused-ring (bicyclic) bond motifs is 1. The van der Waals surface area contributed by atoms with Crippen molar-refractivity contribution < 1.29 is 4.79 Å². The first kappa shape index (κ1) is 13.9. The number of rotatable bonds is 2. The smallest absolute Gasteiger partial charge is 0.253 e. The molecule has 1 amide bonds. The van der Waals surface area contributed by atoms with Crippen LogP contribution in [0.1, 0.15) is 17.3 Å². The second-order valence-corrected chi connectivity index (χ2v) is 4.26. The molecule has 0 saturated carbocycles. The van der Waals surface area contributed by atoms with Crippen molar-refractivity contribution in [1.82, 2.24) is 10.3 Å². The van der Waals surface area contributed by atoms with Crippen LogP contribution in [0.25, 0.3) is 10.9 Å². The van der Waals surface area contributed by atoms with Crippen molar-refractivity contribution in [3.8, 4) is 0 Å². The van der Waals surface area contributed by atoms with Crippen LogP contribution in [0, 0.1) is 0 Å². The molecule has 0 aliphatic carbocycles. The lowest BCUT2D eigenvalue weighted by atomic mass is 10.1. The first-order valence-electron chi connectivity index (χ1n) is 6.67. The number of aromatic amines is 1. The summed E-state index contributed by atoms with van der Waals surface area (Å²) < 4.78 is 0. The van der Waals surface area contributed by atoms with E-state index in [1.54, 1.807) is 6.20 Å². The Hall–Kier alpha value is -2.55. The van der Waals surface area contributed by atoms with Gasteiger partial charge in [0.15, 0.2) is 0 Å². The largest absolute Gasteiger partial charge is 0.360 e. The predicted octanol–water partition coefficient (Wildman–Crippen LogP) is 3.60. The molecule has 20 heavy (non-hydrogen) atoms. The van der Waals surface area contributed by atoms with E-state index in [9.17, 15) is 4.79 Å². The van der Waals surface area contributed by atoms with Crippen molar-refractivity contribution >= 4 is 16.8 Å². The van der Waals surface area contributed by atoms with Gasteiger partial charge >= 0.3 is 0 Å². The molecule has 0 spiro atoms. The molecule has 0 aliphatic heterocycles. The molecule has 3 aromatic rings. The molecule has 0 bridgehead atoms. The van der Waals surface area contributed by atoms with Crippen LogP contribution in [0.5, 0.6) is 0 Å². The van der Waals surface area contributed by atoms with Crippen LogP contribution in [0.15, 0.2) is 66.9 Å². The molecule has 1 aromatic heterocycles. The number of hydrogen-bond donors (Lipinski definition) is 2. The van der Waals surface area contributed by atoms with Gasteiger partial charge in [0.05, 0.1) is 5.56 Å². The van der Waals surface area contributed by atoms with Crippen LogP contribution < -0.4 is 5.32 Å². The summed E-state index contributed by atoms with van der Waals surface area (Å²) in [5, 5.41) is 3.75. The van der Waals surface area contributed by atoms with E-state index >= 15 is 0 Å². The minimum atomic E-state index is -0.0232. The molecular formula is C17H18N2O. The summed E-state index contributed by atoms with van der Waals surface area (Å²) in [5.74, 6) is -0.0232. The molecular weight excluding hydrogens is 248 g/mol. The monoisotopic (exact) mass is 266 g/mol. The average Bonchev–Trinajstić information content (AvgIpc) is 2.94. The molecule has 3 heteroatoms. The highest BCUT2D eigenvalue weighted by molar-refractivity contribution is 6.06. The van der Waals surface area contributed by atoms with E-state index in [1.807, 2.05) is 67.6 Å². The summed E-state index contributed by atoms with van der Waals surface area (Å²) in [6.07, 6.45) is 1.75. The lowest BCUT2D eigenvalue weighted by Crippen LogP contribution is -2.22. The number of carbonyl (C=O) groups excluding carboxylic acids is 1. The number of carbonyl (C=O) groups is 1. The Morgan fingerprint density at radius 1 is 1.00 bits per heavy atom. The van der Waals surface area contributed by atoms with E-state index in [4.69, 9.17) is 0 Å². The van der Waals surface area contributed by atoms with Crippen LogP contribution in [0.4, 0.5) is 0 Å². The minimum absolute atomic E-state index is 0.0232. The number of nitrogens with one attached hydrogen (secondary N) is 2. The maximum absolute atomic E-state index is 11.6. The summed E-state index contributed by atoms with van der Waals surface area (Å²) in [7, 11) is 0. The fourth-order valence-corrected chi connectivity index (χ4v) is 1.90. The predicted molar refractivity (Wildman–Crippen MR) is 82.7 cm³/mol. The summed E-state index contributed by atoms with van der Waals surface area (Å²) >= 11 is 0. The lowest BCUT2D eigenvalue weighted by Gasteiger charge is -1.99. The van der Waals surface area contributed by atoms with Crippen molar-refractivity contribution in [3.63, 3.8) is 0 Å². The fourth-order valence-electron chi connectivity index (χ4n) is 1.90. The Bertz CT molecular complexity index is 632. The second kappa shape index (κ2) is 7.14. The van der Waals surface area contributed by atoms with E-state index in [0.29, 0.717) is 12.1 Å². The van der Waals surface area contributed by atoms with Gasteiger partial charge in [-0.05, 0) is 13.0 Å². The Morgan fingerprint density at radius 3 is 2.20 bits per heavy atom. The molecule has 0 fully saturated rings. The summed E-state index contributed by atoms with van der Waals surface area (Å²) in [6.45, 7) is 2.56. The fraction of sp³-hybridized carbons (Fsp3) is 0.118. The summed E-state index contributed by atoms with van der Waals surface area (Å²) in [5.41, 5.74) is 1.70. The molecule has 0 radical (unpaired) electrons. The molecule has 102 valence electrons. The number of para-hydroxylation sites is 1. The van der Waals surface area contributed by atoms with Gasteiger partial charge < -0.3 is 10.3 Å². The zero-order chi connectivity index (χ0) is 14.2. The van der Waals surface area contributed by atoms with Crippen molar-refractivity contribution in [1.29, 1.82) is 0 Å². The Morgan fingerprint density at radius 2 is 1.60 bits per heavy atom. The number of hydrogen-bond acceptors (Lipinski definition) is 1. The molecule has 2 aromatic carbocycles. The van der Waals surface area contributed by atoms with Gasteiger partial charge in [-0.3, -0.25) is 4.79 Å². The van der Waals surface area contributed by atoms with E-state index in [1.165, 1.54) is 0 Å². The summed E-state index contributed by atoms with van der Waals surface area (Å²) in [4.78, 5) is 14.7. The van der Waals surface area contributed by atoms with Gasteiger partial charge in [-0.2, -0.15) is 0 Å². The highest BCUT2D eigenvalue weighted by atomic mass is 16.1. The van der Waals surface area contributed by atoms with Crippen LogP contribution in [-0.2, 0) is 0 Å². The highest BCUT2D eigenvalue weighted by Crippen LogP contribution is 2.17. The normalized spacial score (nSPS) is 9.65. The van der Waals surface area contributed by atoms with Crippen molar-refractivity contribution in [2.45, 2.75) is 6.92 Å². The van der Waals surface area contributed by atoms with E-state index in [-0.39, 0.29) is 5.91 Å².